The second-order valence-corrected chi connectivity index (χ2v) is 7.07. The molecule has 0 saturated heterocycles. The van der Waals surface area contributed by atoms with Gasteiger partial charge in [-0.1, -0.05) is 51.1 Å². The second kappa shape index (κ2) is 7.87. The molecule has 0 spiro atoms. The highest BCUT2D eigenvalue weighted by molar-refractivity contribution is 5.83. The first-order valence-corrected chi connectivity index (χ1v) is 8.10. The molecule has 0 aliphatic heterocycles. The van der Waals surface area contributed by atoms with Crippen LogP contribution < -0.4 is 5.32 Å². The van der Waals surface area contributed by atoms with Gasteiger partial charge in [-0.05, 0) is 23.5 Å². The van der Waals surface area contributed by atoms with Gasteiger partial charge in [0.2, 0.25) is 11.7 Å². The van der Waals surface area contributed by atoms with Crippen LogP contribution >= 0.6 is 0 Å². The predicted octanol–water partition coefficient (Wildman–Crippen LogP) is 1.74. The van der Waals surface area contributed by atoms with Crippen LogP contribution in [0.2, 0.25) is 0 Å². The van der Waals surface area contributed by atoms with Crippen molar-refractivity contribution in [3.05, 3.63) is 30.3 Å². The quantitative estimate of drug-likeness (QED) is 0.791. The maximum absolute atomic E-state index is 12.1. The van der Waals surface area contributed by atoms with E-state index in [2.05, 4.69) is 20.7 Å². The van der Waals surface area contributed by atoms with Gasteiger partial charge in [0.1, 0.15) is 12.6 Å². The molecule has 8 nitrogen and oxygen atoms in total. The Morgan fingerprint density at radius 1 is 1.24 bits per heavy atom. The van der Waals surface area contributed by atoms with Gasteiger partial charge in [-0.3, -0.25) is 4.79 Å². The lowest BCUT2D eigenvalue weighted by Crippen LogP contribution is -2.43. The van der Waals surface area contributed by atoms with Crippen molar-refractivity contribution in [1.29, 1.82) is 0 Å². The number of benzene rings is 1. The molecule has 8 heteroatoms. The van der Waals surface area contributed by atoms with Crippen LogP contribution in [0.1, 0.15) is 33.6 Å². The zero-order valence-electron chi connectivity index (χ0n) is 14.6. The highest BCUT2D eigenvalue weighted by Crippen LogP contribution is 2.21. The van der Waals surface area contributed by atoms with Crippen LogP contribution in [-0.2, 0) is 16.1 Å². The zero-order chi connectivity index (χ0) is 18.4. The summed E-state index contributed by atoms with van der Waals surface area (Å²) in [5.74, 6) is -1.09. The molecule has 1 amide bonds. The highest BCUT2D eigenvalue weighted by Gasteiger charge is 2.23. The molecular weight excluding hydrogens is 322 g/mol. The van der Waals surface area contributed by atoms with Gasteiger partial charge >= 0.3 is 5.97 Å². The van der Waals surface area contributed by atoms with Crippen molar-refractivity contribution in [2.75, 3.05) is 0 Å². The summed E-state index contributed by atoms with van der Waals surface area (Å²) < 4.78 is 0. The zero-order valence-corrected chi connectivity index (χ0v) is 14.6. The standard InChI is InChI=1S/C17H23N5O3/c1-17(2,3)10-9-13(16(24)25)18-14(23)11-22-20-15(19-21-22)12-7-5-4-6-8-12/h4-8,13H,9-11H2,1-3H3,(H,18,23)(H,24,25). The van der Waals surface area contributed by atoms with Gasteiger partial charge in [0.25, 0.3) is 0 Å². The number of carboxylic acid groups (broad SMARTS) is 1. The third-order valence-corrected chi connectivity index (χ3v) is 3.59. The first kappa shape index (κ1) is 18.6. The van der Waals surface area contributed by atoms with Gasteiger partial charge < -0.3 is 10.4 Å². The summed E-state index contributed by atoms with van der Waals surface area (Å²) >= 11 is 0. The first-order valence-electron chi connectivity index (χ1n) is 8.10. The number of amides is 1. The smallest absolute Gasteiger partial charge is 0.326 e. The molecule has 0 aliphatic carbocycles. The third-order valence-electron chi connectivity index (χ3n) is 3.59. The Kier molecular flexibility index (Phi) is 5.84. The minimum atomic E-state index is -1.05. The molecule has 25 heavy (non-hydrogen) atoms. The average Bonchev–Trinajstić information content (AvgIpc) is 2.99. The van der Waals surface area contributed by atoms with Gasteiger partial charge in [-0.2, -0.15) is 4.80 Å². The molecule has 1 atom stereocenters. The maximum atomic E-state index is 12.1. The van der Waals surface area contributed by atoms with Crippen molar-refractivity contribution < 1.29 is 14.7 Å². The highest BCUT2D eigenvalue weighted by atomic mass is 16.4. The van der Waals surface area contributed by atoms with Gasteiger partial charge in [0.05, 0.1) is 0 Å². The molecule has 134 valence electrons. The van der Waals surface area contributed by atoms with E-state index in [-0.39, 0.29) is 12.0 Å². The number of carbonyl (C=O) groups is 2. The molecule has 1 heterocycles. The molecule has 0 saturated carbocycles. The number of aromatic nitrogens is 4. The fourth-order valence-electron chi connectivity index (χ4n) is 2.22. The number of hydrogen-bond donors (Lipinski definition) is 2. The topological polar surface area (TPSA) is 110 Å². The molecule has 2 aromatic rings. The summed E-state index contributed by atoms with van der Waals surface area (Å²) in [6, 6.07) is 8.35. The van der Waals surface area contributed by atoms with Crippen molar-refractivity contribution in [2.24, 2.45) is 5.41 Å². The van der Waals surface area contributed by atoms with Crippen molar-refractivity contribution in [1.82, 2.24) is 25.5 Å². The van der Waals surface area contributed by atoms with Gasteiger partial charge in [0.15, 0.2) is 0 Å². The Morgan fingerprint density at radius 2 is 1.92 bits per heavy atom. The van der Waals surface area contributed by atoms with Crippen LogP contribution in [-0.4, -0.2) is 43.2 Å². The van der Waals surface area contributed by atoms with E-state index in [0.29, 0.717) is 18.7 Å². The van der Waals surface area contributed by atoms with Gasteiger partial charge in [-0.25, -0.2) is 4.79 Å². The predicted molar refractivity (Wildman–Crippen MR) is 91.5 cm³/mol. The summed E-state index contributed by atoms with van der Waals surface area (Å²) in [7, 11) is 0. The van der Waals surface area contributed by atoms with E-state index in [1.54, 1.807) is 0 Å². The Labute approximate surface area is 146 Å². The molecule has 2 rings (SSSR count). The number of hydrogen-bond acceptors (Lipinski definition) is 5. The molecule has 0 fully saturated rings. The van der Waals surface area contributed by atoms with E-state index < -0.39 is 17.9 Å². The van der Waals surface area contributed by atoms with E-state index in [0.717, 1.165) is 10.4 Å². The normalized spacial score (nSPS) is 12.6. The molecule has 1 aromatic heterocycles. The SMILES string of the molecule is CC(C)(C)CCC(NC(=O)Cn1nnc(-c2ccccc2)n1)C(=O)O. The van der Waals surface area contributed by atoms with Crippen LogP contribution in [0.3, 0.4) is 0 Å². The summed E-state index contributed by atoms with van der Waals surface area (Å²) in [6.07, 6.45) is 1.05. The van der Waals surface area contributed by atoms with Crippen molar-refractivity contribution in [3.63, 3.8) is 0 Å². The van der Waals surface area contributed by atoms with Crippen LogP contribution in [0, 0.1) is 5.41 Å². The maximum Gasteiger partial charge on any atom is 0.326 e. The number of aliphatic carboxylic acids is 1. The fraction of sp³-hybridized carbons (Fsp3) is 0.471. The van der Waals surface area contributed by atoms with Crippen LogP contribution in [0.4, 0.5) is 0 Å². The van der Waals surface area contributed by atoms with Crippen LogP contribution in [0.15, 0.2) is 30.3 Å². The monoisotopic (exact) mass is 345 g/mol. The van der Waals surface area contributed by atoms with Crippen LogP contribution in [0.25, 0.3) is 11.4 Å². The fourth-order valence-corrected chi connectivity index (χ4v) is 2.22. The second-order valence-electron chi connectivity index (χ2n) is 7.07. The molecule has 0 aliphatic rings. The van der Waals surface area contributed by atoms with Gasteiger partial charge in [0, 0.05) is 5.56 Å². The number of tetrazole rings is 1. The summed E-state index contributed by atoms with van der Waals surface area (Å²) in [4.78, 5) is 24.6. The molecule has 2 N–H and O–H groups in total. The molecular formula is C17H23N5O3. The number of carbonyl (C=O) groups excluding carboxylic acids is 1. The Hall–Kier alpha value is -2.77. The van der Waals surface area contributed by atoms with E-state index >= 15 is 0 Å². The lowest BCUT2D eigenvalue weighted by atomic mass is 9.88. The molecule has 0 bridgehead atoms. The third kappa shape index (κ3) is 5.98. The van der Waals surface area contributed by atoms with E-state index in [1.165, 1.54) is 0 Å². The average molecular weight is 345 g/mol. The summed E-state index contributed by atoms with van der Waals surface area (Å²) in [6.45, 7) is 5.90. The number of carboxylic acids is 1. The van der Waals surface area contributed by atoms with E-state index in [1.807, 2.05) is 51.1 Å². The largest absolute Gasteiger partial charge is 0.480 e. The lowest BCUT2D eigenvalue weighted by Gasteiger charge is -2.21. The van der Waals surface area contributed by atoms with E-state index in [4.69, 9.17) is 0 Å². The van der Waals surface area contributed by atoms with Crippen molar-refractivity contribution >= 4 is 11.9 Å². The molecule has 1 aromatic carbocycles. The Morgan fingerprint density at radius 3 is 2.52 bits per heavy atom. The molecule has 1 unspecified atom stereocenters. The number of rotatable bonds is 7. The first-order chi connectivity index (χ1) is 11.7. The summed E-state index contributed by atoms with van der Waals surface area (Å²) in [5, 5.41) is 23.7. The minimum absolute atomic E-state index is 0.00350. The number of nitrogens with zero attached hydrogens (tertiary/aromatic N) is 4. The van der Waals surface area contributed by atoms with Crippen molar-refractivity contribution in [3.8, 4) is 11.4 Å². The Balaban J connectivity index is 1.94. The summed E-state index contributed by atoms with van der Waals surface area (Å²) in [5.41, 5.74) is 0.791. The van der Waals surface area contributed by atoms with Gasteiger partial charge in [-0.15, -0.1) is 10.2 Å². The van der Waals surface area contributed by atoms with Crippen LogP contribution in [0.5, 0.6) is 0 Å². The Bertz CT molecular complexity index is 721. The van der Waals surface area contributed by atoms with E-state index in [9.17, 15) is 14.7 Å². The lowest BCUT2D eigenvalue weighted by molar-refractivity contribution is -0.142. The van der Waals surface area contributed by atoms with Crippen molar-refractivity contribution in [2.45, 2.75) is 46.2 Å². The number of nitrogens with one attached hydrogen (secondary N) is 1. The minimum Gasteiger partial charge on any atom is -0.480 e. The molecule has 0 radical (unpaired) electrons.